The highest BCUT2D eigenvalue weighted by Crippen LogP contribution is 2.23. The Morgan fingerprint density at radius 1 is 1.12 bits per heavy atom. The fourth-order valence-electron chi connectivity index (χ4n) is 2.72. The highest BCUT2D eigenvalue weighted by molar-refractivity contribution is 5.93. The molecule has 0 aliphatic carbocycles. The molecule has 3 rings (SSSR count). The van der Waals surface area contributed by atoms with Crippen LogP contribution >= 0.6 is 0 Å². The molecule has 2 amide bonds. The summed E-state index contributed by atoms with van der Waals surface area (Å²) in [5.41, 5.74) is 2.22. The van der Waals surface area contributed by atoms with Gasteiger partial charge in [0.1, 0.15) is 18.1 Å². The quantitative estimate of drug-likeness (QED) is 0.713. The maximum absolute atomic E-state index is 12.6. The number of benzene rings is 2. The topological polar surface area (TPSA) is 85.2 Å². The minimum atomic E-state index is -0.207. The number of carbonyl (C=O) groups is 2. The number of aromatic nitrogens is 2. The first-order chi connectivity index (χ1) is 12.6. The number of hydrogen-bond acceptors (Lipinski definition) is 4. The van der Waals surface area contributed by atoms with Crippen molar-refractivity contribution in [3.8, 4) is 5.75 Å². The zero-order valence-electron chi connectivity index (χ0n) is 14.7. The molecule has 7 nitrogen and oxygen atoms in total. The minimum absolute atomic E-state index is 0.0769. The smallest absolute Gasteiger partial charge is 0.244 e. The molecule has 0 spiro atoms. The number of imidazole rings is 1. The Hall–Kier alpha value is -3.35. The summed E-state index contributed by atoms with van der Waals surface area (Å²) in [4.78, 5) is 28.3. The fraction of sp³-hybridized carbons (Fsp3) is 0.211. The molecule has 0 aliphatic heterocycles. The summed E-state index contributed by atoms with van der Waals surface area (Å²) in [5, 5.41) is 5.59. The number of nitrogens with one attached hydrogen (secondary N) is 2. The van der Waals surface area contributed by atoms with Crippen molar-refractivity contribution in [2.45, 2.75) is 20.0 Å². The highest BCUT2D eigenvalue weighted by atomic mass is 16.5. The largest absolute Gasteiger partial charge is 0.495 e. The van der Waals surface area contributed by atoms with E-state index in [0.717, 1.165) is 11.0 Å². The van der Waals surface area contributed by atoms with Crippen LogP contribution in [0.4, 0.5) is 5.69 Å². The van der Waals surface area contributed by atoms with Crippen molar-refractivity contribution >= 4 is 28.5 Å². The monoisotopic (exact) mass is 352 g/mol. The molecule has 0 atom stereocenters. The molecule has 0 saturated heterocycles. The summed E-state index contributed by atoms with van der Waals surface area (Å²) in [6.45, 7) is 1.78. The lowest BCUT2D eigenvalue weighted by Crippen LogP contribution is -2.25. The van der Waals surface area contributed by atoms with Crippen LogP contribution in [0.25, 0.3) is 11.0 Å². The summed E-state index contributed by atoms with van der Waals surface area (Å²) < 4.78 is 7.06. The van der Waals surface area contributed by atoms with Crippen LogP contribution in [0.1, 0.15) is 12.7 Å². The van der Waals surface area contributed by atoms with Gasteiger partial charge in [0.05, 0.1) is 30.4 Å². The third-order valence-electron chi connectivity index (χ3n) is 3.91. The second-order valence-electron chi connectivity index (χ2n) is 5.76. The van der Waals surface area contributed by atoms with Crippen LogP contribution in [0.15, 0.2) is 48.5 Å². The summed E-state index contributed by atoms with van der Waals surface area (Å²) in [7, 11) is 1.56. The summed E-state index contributed by atoms with van der Waals surface area (Å²) >= 11 is 0. The third-order valence-corrected chi connectivity index (χ3v) is 3.91. The number of methoxy groups -OCH3 is 1. The SMILES string of the molecule is COc1ccccc1NC(=O)Cn1c(CNC(C)=O)nc2ccccc21. The number of para-hydroxylation sites is 4. The van der Waals surface area contributed by atoms with E-state index in [-0.39, 0.29) is 24.9 Å². The molecule has 7 heteroatoms. The number of hydrogen-bond donors (Lipinski definition) is 2. The zero-order chi connectivity index (χ0) is 18.5. The molecule has 2 aromatic carbocycles. The predicted octanol–water partition coefficient (Wildman–Crippen LogP) is 2.32. The maximum atomic E-state index is 12.6. The molecule has 0 unspecified atom stereocenters. The summed E-state index contributed by atoms with van der Waals surface area (Å²) in [5.74, 6) is 0.857. The van der Waals surface area contributed by atoms with E-state index < -0.39 is 0 Å². The van der Waals surface area contributed by atoms with Crippen molar-refractivity contribution in [3.63, 3.8) is 0 Å². The average molecular weight is 352 g/mol. The molecule has 2 N–H and O–H groups in total. The Labute approximate surface area is 151 Å². The van der Waals surface area contributed by atoms with Gasteiger partial charge in [-0.15, -0.1) is 0 Å². The summed E-state index contributed by atoms with van der Waals surface area (Å²) in [6.07, 6.45) is 0. The number of rotatable bonds is 6. The second kappa shape index (κ2) is 7.69. The van der Waals surface area contributed by atoms with Gasteiger partial charge in [0.15, 0.2) is 0 Å². The van der Waals surface area contributed by atoms with Gasteiger partial charge in [0.2, 0.25) is 11.8 Å². The van der Waals surface area contributed by atoms with Crippen LogP contribution in [0.5, 0.6) is 5.75 Å². The van der Waals surface area contributed by atoms with E-state index in [2.05, 4.69) is 15.6 Å². The molecule has 134 valence electrons. The van der Waals surface area contributed by atoms with Crippen molar-refractivity contribution in [1.82, 2.24) is 14.9 Å². The van der Waals surface area contributed by atoms with Gasteiger partial charge in [-0.05, 0) is 24.3 Å². The number of fused-ring (bicyclic) bond motifs is 1. The van der Waals surface area contributed by atoms with Crippen molar-refractivity contribution in [3.05, 3.63) is 54.4 Å². The first kappa shape index (κ1) is 17.5. The van der Waals surface area contributed by atoms with Crippen LogP contribution in [-0.4, -0.2) is 28.5 Å². The van der Waals surface area contributed by atoms with Gasteiger partial charge in [-0.3, -0.25) is 9.59 Å². The van der Waals surface area contributed by atoms with Crippen molar-refractivity contribution in [1.29, 1.82) is 0 Å². The Kier molecular flexibility index (Phi) is 5.17. The standard InChI is InChI=1S/C19H20N4O3/c1-13(24)20-11-18-21-14-7-3-5-9-16(14)23(18)12-19(25)22-15-8-4-6-10-17(15)26-2/h3-10H,11-12H2,1-2H3,(H,20,24)(H,22,25). The van der Waals surface area contributed by atoms with Crippen LogP contribution < -0.4 is 15.4 Å². The van der Waals surface area contributed by atoms with Crippen molar-refractivity contribution in [2.24, 2.45) is 0 Å². The molecule has 1 aromatic heterocycles. The minimum Gasteiger partial charge on any atom is -0.495 e. The molecule has 0 bridgehead atoms. The van der Waals surface area contributed by atoms with E-state index in [4.69, 9.17) is 4.74 Å². The van der Waals surface area contributed by atoms with Gasteiger partial charge in [-0.1, -0.05) is 24.3 Å². The van der Waals surface area contributed by atoms with Gasteiger partial charge in [-0.25, -0.2) is 4.98 Å². The number of carbonyl (C=O) groups excluding carboxylic acids is 2. The van der Waals surface area contributed by atoms with E-state index in [1.54, 1.807) is 23.8 Å². The number of ether oxygens (including phenoxy) is 1. The fourth-order valence-corrected chi connectivity index (χ4v) is 2.72. The molecule has 26 heavy (non-hydrogen) atoms. The van der Waals surface area contributed by atoms with E-state index in [1.165, 1.54) is 6.92 Å². The molecular formula is C19H20N4O3. The van der Waals surface area contributed by atoms with Gasteiger partial charge >= 0.3 is 0 Å². The van der Waals surface area contributed by atoms with Crippen LogP contribution in [-0.2, 0) is 22.7 Å². The van der Waals surface area contributed by atoms with Gasteiger partial charge < -0.3 is 19.9 Å². The lowest BCUT2D eigenvalue weighted by Gasteiger charge is -2.12. The average Bonchev–Trinajstić information content (AvgIpc) is 2.98. The van der Waals surface area contributed by atoms with Crippen molar-refractivity contribution < 1.29 is 14.3 Å². The normalized spacial score (nSPS) is 10.5. The Morgan fingerprint density at radius 2 is 1.85 bits per heavy atom. The lowest BCUT2D eigenvalue weighted by atomic mass is 10.3. The Morgan fingerprint density at radius 3 is 2.62 bits per heavy atom. The number of amides is 2. The van der Waals surface area contributed by atoms with Gasteiger partial charge in [0.25, 0.3) is 0 Å². The maximum Gasteiger partial charge on any atom is 0.244 e. The van der Waals surface area contributed by atoms with Gasteiger partial charge in [0, 0.05) is 6.92 Å². The first-order valence-corrected chi connectivity index (χ1v) is 8.20. The molecule has 0 saturated carbocycles. The van der Waals surface area contributed by atoms with E-state index >= 15 is 0 Å². The predicted molar refractivity (Wildman–Crippen MR) is 98.9 cm³/mol. The highest BCUT2D eigenvalue weighted by Gasteiger charge is 2.15. The van der Waals surface area contributed by atoms with E-state index in [1.807, 2.05) is 36.4 Å². The molecule has 3 aromatic rings. The van der Waals surface area contributed by atoms with Gasteiger partial charge in [-0.2, -0.15) is 0 Å². The molecule has 0 aliphatic rings. The Balaban J connectivity index is 1.85. The molecule has 1 heterocycles. The second-order valence-corrected chi connectivity index (χ2v) is 5.76. The molecular weight excluding hydrogens is 332 g/mol. The Bertz CT molecular complexity index is 949. The number of anilines is 1. The van der Waals surface area contributed by atoms with Crippen molar-refractivity contribution in [2.75, 3.05) is 12.4 Å². The molecule has 0 fully saturated rings. The zero-order valence-corrected chi connectivity index (χ0v) is 14.7. The van der Waals surface area contributed by atoms with E-state index in [9.17, 15) is 9.59 Å². The first-order valence-electron chi connectivity index (χ1n) is 8.20. The van der Waals surface area contributed by atoms with E-state index in [0.29, 0.717) is 17.3 Å². The van der Waals surface area contributed by atoms with Crippen LogP contribution in [0, 0.1) is 0 Å². The van der Waals surface area contributed by atoms with Crippen LogP contribution in [0.3, 0.4) is 0 Å². The third kappa shape index (κ3) is 3.83. The molecule has 0 radical (unpaired) electrons. The van der Waals surface area contributed by atoms with Crippen LogP contribution in [0.2, 0.25) is 0 Å². The summed E-state index contributed by atoms with van der Waals surface area (Å²) in [6, 6.07) is 14.8. The lowest BCUT2D eigenvalue weighted by molar-refractivity contribution is -0.119. The number of nitrogens with zero attached hydrogens (tertiary/aromatic N) is 2.